The van der Waals surface area contributed by atoms with Gasteiger partial charge in [-0.15, -0.1) is 0 Å². The van der Waals surface area contributed by atoms with Crippen LogP contribution < -0.4 is 4.74 Å². The molecule has 0 aliphatic carbocycles. The summed E-state index contributed by atoms with van der Waals surface area (Å²) in [5, 5.41) is -0.000151. The molecular formula is C15H11BrClFO2. The highest BCUT2D eigenvalue weighted by atomic mass is 79.9. The number of carbonyl (C=O) groups excluding carboxylic acids is 1. The van der Waals surface area contributed by atoms with Crippen LogP contribution in [0.1, 0.15) is 5.56 Å². The van der Waals surface area contributed by atoms with E-state index in [1.54, 1.807) is 0 Å². The zero-order chi connectivity index (χ0) is 14.5. The second-order valence-electron chi connectivity index (χ2n) is 4.19. The standard InChI is InChI=1S/C15H11BrClFO2/c16-12-7-13(17)14(18)8-15(12)20-9-11(19)6-10-4-2-1-3-5-10/h1-5,7-8H,6,9H2. The van der Waals surface area contributed by atoms with Crippen molar-refractivity contribution in [2.75, 3.05) is 6.61 Å². The largest absolute Gasteiger partial charge is 0.485 e. The van der Waals surface area contributed by atoms with Gasteiger partial charge in [-0.3, -0.25) is 4.79 Å². The van der Waals surface area contributed by atoms with Crippen LogP contribution in [0.25, 0.3) is 0 Å². The van der Waals surface area contributed by atoms with Crippen LogP contribution in [0.15, 0.2) is 46.9 Å². The van der Waals surface area contributed by atoms with Crippen LogP contribution in [0, 0.1) is 5.82 Å². The van der Waals surface area contributed by atoms with E-state index in [-0.39, 0.29) is 29.6 Å². The Balaban J connectivity index is 1.95. The predicted octanol–water partition coefficient (Wildman–Crippen LogP) is 4.43. The van der Waals surface area contributed by atoms with Crippen molar-refractivity contribution < 1.29 is 13.9 Å². The molecule has 0 atom stereocenters. The van der Waals surface area contributed by atoms with Crippen LogP contribution in [-0.4, -0.2) is 12.4 Å². The Morgan fingerprint density at radius 3 is 2.65 bits per heavy atom. The Morgan fingerprint density at radius 2 is 1.95 bits per heavy atom. The van der Waals surface area contributed by atoms with Gasteiger partial charge in [-0.1, -0.05) is 41.9 Å². The maximum atomic E-state index is 13.3. The van der Waals surface area contributed by atoms with Crippen molar-refractivity contribution in [2.24, 2.45) is 0 Å². The first-order chi connectivity index (χ1) is 9.56. The summed E-state index contributed by atoms with van der Waals surface area (Å²) in [6.45, 7) is -0.117. The highest BCUT2D eigenvalue weighted by Gasteiger charge is 2.10. The second kappa shape index (κ2) is 6.86. The van der Waals surface area contributed by atoms with E-state index >= 15 is 0 Å². The summed E-state index contributed by atoms with van der Waals surface area (Å²) in [6, 6.07) is 11.9. The fourth-order valence-electron chi connectivity index (χ4n) is 1.65. The zero-order valence-corrected chi connectivity index (χ0v) is 12.7. The van der Waals surface area contributed by atoms with E-state index in [1.165, 1.54) is 6.07 Å². The van der Waals surface area contributed by atoms with Gasteiger partial charge in [0.25, 0.3) is 0 Å². The van der Waals surface area contributed by atoms with E-state index in [2.05, 4.69) is 15.9 Å². The van der Waals surface area contributed by atoms with Crippen molar-refractivity contribution in [2.45, 2.75) is 6.42 Å². The van der Waals surface area contributed by atoms with E-state index in [0.717, 1.165) is 11.6 Å². The number of ketones is 1. The number of hydrogen-bond acceptors (Lipinski definition) is 2. The summed E-state index contributed by atoms with van der Waals surface area (Å²) in [4.78, 5) is 11.8. The van der Waals surface area contributed by atoms with E-state index in [9.17, 15) is 9.18 Å². The van der Waals surface area contributed by atoms with Gasteiger partial charge in [-0.2, -0.15) is 0 Å². The lowest BCUT2D eigenvalue weighted by Crippen LogP contribution is -2.14. The van der Waals surface area contributed by atoms with Crippen LogP contribution in [0.5, 0.6) is 5.75 Å². The molecule has 2 aromatic carbocycles. The molecule has 0 saturated carbocycles. The van der Waals surface area contributed by atoms with Gasteiger partial charge in [0.15, 0.2) is 5.78 Å². The second-order valence-corrected chi connectivity index (χ2v) is 5.45. The quantitative estimate of drug-likeness (QED) is 0.740. The van der Waals surface area contributed by atoms with Gasteiger partial charge in [0.2, 0.25) is 0 Å². The minimum atomic E-state index is -0.583. The molecule has 0 aromatic heterocycles. The lowest BCUT2D eigenvalue weighted by molar-refractivity contribution is -0.120. The smallest absolute Gasteiger partial charge is 0.174 e. The lowest BCUT2D eigenvalue weighted by atomic mass is 10.1. The number of carbonyl (C=O) groups is 1. The monoisotopic (exact) mass is 356 g/mol. The first kappa shape index (κ1) is 15.0. The SMILES string of the molecule is O=C(COc1cc(F)c(Cl)cc1Br)Cc1ccccc1. The van der Waals surface area contributed by atoms with Gasteiger partial charge in [0.1, 0.15) is 18.2 Å². The molecule has 5 heteroatoms. The number of Topliss-reactive ketones (excluding diaryl/α,β-unsaturated/α-hetero) is 1. The van der Waals surface area contributed by atoms with Crippen molar-refractivity contribution in [1.29, 1.82) is 0 Å². The maximum Gasteiger partial charge on any atom is 0.174 e. The summed E-state index contributed by atoms with van der Waals surface area (Å²) in [5.74, 6) is -0.410. The molecule has 2 nitrogen and oxygen atoms in total. The van der Waals surface area contributed by atoms with Crippen LogP contribution in [0.3, 0.4) is 0 Å². The molecule has 0 spiro atoms. The van der Waals surface area contributed by atoms with E-state index in [1.807, 2.05) is 30.3 Å². The fraction of sp³-hybridized carbons (Fsp3) is 0.133. The lowest BCUT2D eigenvalue weighted by Gasteiger charge is -2.08. The van der Waals surface area contributed by atoms with Crippen LogP contribution >= 0.6 is 27.5 Å². The molecule has 0 amide bonds. The average molecular weight is 358 g/mol. The summed E-state index contributed by atoms with van der Waals surface area (Å²) in [6.07, 6.45) is 0.286. The van der Waals surface area contributed by atoms with Crippen molar-refractivity contribution in [3.63, 3.8) is 0 Å². The molecule has 0 radical (unpaired) electrons. The number of hydrogen-bond donors (Lipinski definition) is 0. The minimum Gasteiger partial charge on any atom is -0.485 e. The number of rotatable bonds is 5. The number of ether oxygens (including phenoxy) is 1. The third-order valence-electron chi connectivity index (χ3n) is 2.61. The molecule has 0 fully saturated rings. The van der Waals surface area contributed by atoms with Crippen molar-refractivity contribution in [3.05, 3.63) is 63.3 Å². The molecule has 0 unspecified atom stereocenters. The first-order valence-corrected chi connectivity index (χ1v) is 7.06. The van der Waals surface area contributed by atoms with Crippen LogP contribution in [-0.2, 0) is 11.2 Å². The number of benzene rings is 2. The molecule has 2 aromatic rings. The molecule has 0 bridgehead atoms. The van der Waals surface area contributed by atoms with E-state index in [4.69, 9.17) is 16.3 Å². The average Bonchev–Trinajstić information content (AvgIpc) is 2.42. The minimum absolute atomic E-state index is 0.000151. The molecule has 0 aliphatic rings. The predicted molar refractivity (Wildman–Crippen MR) is 79.8 cm³/mol. The van der Waals surface area contributed by atoms with Crippen LogP contribution in [0.2, 0.25) is 5.02 Å². The molecule has 20 heavy (non-hydrogen) atoms. The Labute approximate surface area is 129 Å². The molecule has 0 aliphatic heterocycles. The van der Waals surface area contributed by atoms with Gasteiger partial charge in [-0.25, -0.2) is 4.39 Å². The zero-order valence-electron chi connectivity index (χ0n) is 10.4. The third kappa shape index (κ3) is 4.05. The van der Waals surface area contributed by atoms with Gasteiger partial charge >= 0.3 is 0 Å². The van der Waals surface area contributed by atoms with Gasteiger partial charge in [0.05, 0.1) is 9.50 Å². The first-order valence-electron chi connectivity index (χ1n) is 5.89. The molecule has 104 valence electrons. The highest BCUT2D eigenvalue weighted by Crippen LogP contribution is 2.30. The van der Waals surface area contributed by atoms with Crippen molar-refractivity contribution >= 4 is 33.3 Å². The third-order valence-corrected chi connectivity index (χ3v) is 3.52. The van der Waals surface area contributed by atoms with E-state index < -0.39 is 5.82 Å². The van der Waals surface area contributed by atoms with Crippen LogP contribution in [0.4, 0.5) is 4.39 Å². The maximum absolute atomic E-state index is 13.3. The molecule has 2 rings (SSSR count). The van der Waals surface area contributed by atoms with E-state index in [0.29, 0.717) is 4.47 Å². The Bertz CT molecular complexity index is 617. The van der Waals surface area contributed by atoms with Crippen molar-refractivity contribution in [1.82, 2.24) is 0 Å². The fourth-order valence-corrected chi connectivity index (χ4v) is 2.40. The summed E-state index contributed by atoms with van der Waals surface area (Å²) >= 11 is 8.84. The van der Waals surface area contributed by atoms with Gasteiger partial charge in [0, 0.05) is 12.5 Å². The summed E-state index contributed by atoms with van der Waals surface area (Å²) in [5.41, 5.74) is 0.919. The summed E-state index contributed by atoms with van der Waals surface area (Å²) < 4.78 is 19.1. The Kier molecular flexibility index (Phi) is 5.15. The molecule has 0 heterocycles. The molecular weight excluding hydrogens is 347 g/mol. The Hall–Kier alpha value is -1.39. The highest BCUT2D eigenvalue weighted by molar-refractivity contribution is 9.10. The molecule has 0 N–H and O–H groups in total. The van der Waals surface area contributed by atoms with Crippen molar-refractivity contribution in [3.8, 4) is 5.75 Å². The van der Waals surface area contributed by atoms with Gasteiger partial charge < -0.3 is 4.74 Å². The Morgan fingerprint density at radius 1 is 1.25 bits per heavy atom. The summed E-state index contributed by atoms with van der Waals surface area (Å²) in [7, 11) is 0. The molecule has 0 saturated heterocycles. The van der Waals surface area contributed by atoms with Gasteiger partial charge in [-0.05, 0) is 27.6 Å². The number of halogens is 3. The topological polar surface area (TPSA) is 26.3 Å². The normalized spacial score (nSPS) is 10.3.